The third-order valence-electron chi connectivity index (χ3n) is 4.99. The van der Waals surface area contributed by atoms with E-state index in [1.54, 1.807) is 11.3 Å². The molecule has 0 spiro atoms. The molecular formula is C22H24N2OS. The van der Waals surface area contributed by atoms with Crippen LogP contribution in [0.3, 0.4) is 0 Å². The lowest BCUT2D eigenvalue weighted by molar-refractivity contribution is 0.0968. The minimum absolute atomic E-state index is 0.282. The summed E-state index contributed by atoms with van der Waals surface area (Å²) in [5, 5.41) is 2.22. The molecule has 2 aromatic carbocycles. The summed E-state index contributed by atoms with van der Waals surface area (Å²) in [6, 6.07) is 16.9. The van der Waals surface area contributed by atoms with E-state index in [2.05, 4.69) is 42.0 Å². The predicted molar refractivity (Wildman–Crippen MR) is 108 cm³/mol. The maximum Gasteiger partial charge on any atom is 0.190 e. The van der Waals surface area contributed by atoms with Crippen LogP contribution in [0.15, 0.2) is 58.9 Å². The zero-order valence-electron chi connectivity index (χ0n) is 15.3. The summed E-state index contributed by atoms with van der Waals surface area (Å²) >= 11 is 1.70. The average Bonchev–Trinajstić information content (AvgIpc) is 3.30. The molecule has 1 aromatic heterocycles. The van der Waals surface area contributed by atoms with Crippen LogP contribution in [-0.4, -0.2) is 17.3 Å². The topological polar surface area (TPSA) is 26.5 Å². The van der Waals surface area contributed by atoms with E-state index >= 15 is 0 Å². The Labute approximate surface area is 158 Å². The first-order valence-corrected chi connectivity index (χ1v) is 10.1. The fourth-order valence-electron chi connectivity index (χ4n) is 3.33. The Morgan fingerprint density at radius 2 is 1.96 bits per heavy atom. The minimum Gasteiger partial charge on any atom is -0.376 e. The van der Waals surface area contributed by atoms with Crippen molar-refractivity contribution in [2.45, 2.75) is 39.3 Å². The Morgan fingerprint density at radius 1 is 1.12 bits per heavy atom. The highest BCUT2D eigenvalue weighted by atomic mass is 32.1. The fraction of sp³-hybridized carbons (Fsp3) is 0.318. The molecule has 0 amide bonds. The second-order valence-electron chi connectivity index (χ2n) is 6.90. The normalized spacial score (nSPS) is 17.8. The molecule has 1 aliphatic rings. The second-order valence-corrected chi connectivity index (χ2v) is 7.73. The smallest absolute Gasteiger partial charge is 0.190 e. The molecule has 0 aliphatic carbocycles. The number of aromatic nitrogens is 1. The molecule has 0 N–H and O–H groups in total. The first kappa shape index (κ1) is 17.3. The summed E-state index contributed by atoms with van der Waals surface area (Å²) in [6.45, 7) is 6.06. The van der Waals surface area contributed by atoms with Crippen molar-refractivity contribution in [3.8, 4) is 11.3 Å². The van der Waals surface area contributed by atoms with Crippen molar-refractivity contribution < 1.29 is 4.74 Å². The number of aryl methyl sites for hydroxylation is 2. The van der Waals surface area contributed by atoms with Gasteiger partial charge in [-0.25, -0.2) is 4.99 Å². The molecule has 2 heterocycles. The van der Waals surface area contributed by atoms with E-state index in [0.29, 0.717) is 0 Å². The van der Waals surface area contributed by atoms with Gasteiger partial charge in [0.05, 0.1) is 24.0 Å². The van der Waals surface area contributed by atoms with E-state index in [-0.39, 0.29) is 6.10 Å². The molecule has 1 atom stereocenters. The van der Waals surface area contributed by atoms with Gasteiger partial charge in [0.2, 0.25) is 0 Å². The Bertz CT molecular complexity index is 950. The number of benzene rings is 2. The van der Waals surface area contributed by atoms with Crippen LogP contribution in [0.1, 0.15) is 24.0 Å². The highest BCUT2D eigenvalue weighted by Crippen LogP contribution is 2.25. The Kier molecular flexibility index (Phi) is 5.05. The number of rotatable bonds is 4. The molecule has 3 nitrogen and oxygen atoms in total. The molecule has 1 fully saturated rings. The van der Waals surface area contributed by atoms with Crippen molar-refractivity contribution >= 4 is 17.0 Å². The molecule has 1 aliphatic heterocycles. The summed E-state index contributed by atoms with van der Waals surface area (Å²) in [5.74, 6) is 0. The van der Waals surface area contributed by atoms with E-state index in [4.69, 9.17) is 9.73 Å². The first-order valence-electron chi connectivity index (χ1n) is 9.18. The summed E-state index contributed by atoms with van der Waals surface area (Å²) in [4.78, 5) is 5.92. The lowest BCUT2D eigenvalue weighted by Crippen LogP contribution is -2.24. The van der Waals surface area contributed by atoms with Crippen molar-refractivity contribution in [1.82, 2.24) is 4.57 Å². The summed E-state index contributed by atoms with van der Waals surface area (Å²) in [5.41, 5.74) is 6.10. The Balaban J connectivity index is 1.80. The van der Waals surface area contributed by atoms with Gasteiger partial charge in [-0.3, -0.25) is 0 Å². The first-order chi connectivity index (χ1) is 12.7. The third kappa shape index (κ3) is 3.67. The number of ether oxygens (including phenoxy) is 1. The second kappa shape index (κ2) is 7.60. The van der Waals surface area contributed by atoms with Crippen LogP contribution < -0.4 is 4.80 Å². The van der Waals surface area contributed by atoms with Crippen LogP contribution in [0, 0.1) is 13.8 Å². The van der Waals surface area contributed by atoms with Gasteiger partial charge >= 0.3 is 0 Å². The molecule has 1 unspecified atom stereocenters. The maximum atomic E-state index is 5.91. The van der Waals surface area contributed by atoms with Crippen LogP contribution in [0.25, 0.3) is 11.3 Å². The van der Waals surface area contributed by atoms with Crippen LogP contribution in [0.2, 0.25) is 0 Å². The van der Waals surface area contributed by atoms with Gasteiger partial charge in [-0.15, -0.1) is 11.3 Å². The highest BCUT2D eigenvalue weighted by Gasteiger charge is 2.19. The van der Waals surface area contributed by atoms with Gasteiger partial charge in [-0.05, 0) is 61.6 Å². The standard InChI is InChI=1S/C22H24N2OS/c1-16-10-11-18(13-17(16)2)21-15-26-22(23-19-7-4-3-5-8-19)24(21)14-20-9-6-12-25-20/h3-5,7-8,10-11,13,15,20H,6,9,12,14H2,1-2H3. The molecule has 1 saturated heterocycles. The number of thiazole rings is 1. The van der Waals surface area contributed by atoms with Crippen molar-refractivity contribution in [2.24, 2.45) is 4.99 Å². The summed E-state index contributed by atoms with van der Waals surface area (Å²) < 4.78 is 8.24. The molecule has 134 valence electrons. The maximum absolute atomic E-state index is 5.91. The van der Waals surface area contributed by atoms with Gasteiger partial charge in [0.15, 0.2) is 4.80 Å². The van der Waals surface area contributed by atoms with Gasteiger partial charge in [0, 0.05) is 12.0 Å². The fourth-order valence-corrected chi connectivity index (χ4v) is 4.27. The minimum atomic E-state index is 0.282. The summed E-state index contributed by atoms with van der Waals surface area (Å²) in [6.07, 6.45) is 2.56. The van der Waals surface area contributed by atoms with Crippen molar-refractivity contribution in [3.05, 3.63) is 69.8 Å². The van der Waals surface area contributed by atoms with E-state index < -0.39 is 0 Å². The quantitative estimate of drug-likeness (QED) is 0.621. The molecular weight excluding hydrogens is 340 g/mol. The Hall–Kier alpha value is -2.17. The van der Waals surface area contributed by atoms with Crippen LogP contribution in [-0.2, 0) is 11.3 Å². The number of nitrogens with zero attached hydrogens (tertiary/aromatic N) is 2. The van der Waals surface area contributed by atoms with Gasteiger partial charge in [-0.2, -0.15) is 0 Å². The largest absolute Gasteiger partial charge is 0.376 e. The SMILES string of the molecule is Cc1ccc(-c2csc(=Nc3ccccc3)n2CC2CCCO2)cc1C. The third-order valence-corrected chi connectivity index (χ3v) is 5.86. The number of hydrogen-bond acceptors (Lipinski definition) is 3. The van der Waals surface area contributed by atoms with E-state index in [9.17, 15) is 0 Å². The average molecular weight is 365 g/mol. The van der Waals surface area contributed by atoms with Gasteiger partial charge < -0.3 is 9.30 Å². The van der Waals surface area contributed by atoms with Crippen LogP contribution in [0.5, 0.6) is 0 Å². The molecule has 0 bridgehead atoms. The molecule has 3 aromatic rings. The predicted octanol–water partition coefficient (Wildman–Crippen LogP) is 5.24. The van der Waals surface area contributed by atoms with Crippen molar-refractivity contribution in [1.29, 1.82) is 0 Å². The van der Waals surface area contributed by atoms with Crippen LogP contribution >= 0.6 is 11.3 Å². The van der Waals surface area contributed by atoms with Gasteiger partial charge in [0.1, 0.15) is 0 Å². The molecule has 0 radical (unpaired) electrons. The number of hydrogen-bond donors (Lipinski definition) is 0. The molecule has 0 saturated carbocycles. The molecule has 26 heavy (non-hydrogen) atoms. The van der Waals surface area contributed by atoms with E-state index in [1.165, 1.54) is 22.4 Å². The summed E-state index contributed by atoms with van der Waals surface area (Å²) in [7, 11) is 0. The molecule has 4 heteroatoms. The lowest BCUT2D eigenvalue weighted by Gasteiger charge is -2.14. The van der Waals surface area contributed by atoms with Crippen molar-refractivity contribution in [3.63, 3.8) is 0 Å². The van der Waals surface area contributed by atoms with Crippen molar-refractivity contribution in [2.75, 3.05) is 6.61 Å². The number of para-hydroxylation sites is 1. The van der Waals surface area contributed by atoms with Gasteiger partial charge in [0.25, 0.3) is 0 Å². The van der Waals surface area contributed by atoms with E-state index in [1.807, 2.05) is 30.3 Å². The van der Waals surface area contributed by atoms with Crippen LogP contribution in [0.4, 0.5) is 5.69 Å². The highest BCUT2D eigenvalue weighted by molar-refractivity contribution is 7.07. The Morgan fingerprint density at radius 3 is 2.69 bits per heavy atom. The monoisotopic (exact) mass is 364 g/mol. The lowest BCUT2D eigenvalue weighted by atomic mass is 10.0. The van der Waals surface area contributed by atoms with E-state index in [0.717, 1.165) is 36.5 Å². The van der Waals surface area contributed by atoms with Gasteiger partial charge in [-0.1, -0.05) is 30.3 Å². The zero-order valence-corrected chi connectivity index (χ0v) is 16.1. The zero-order chi connectivity index (χ0) is 17.9. The molecule has 4 rings (SSSR count).